The highest BCUT2D eigenvalue weighted by atomic mass is 35.5. The fourth-order valence-electron chi connectivity index (χ4n) is 4.74. The van der Waals surface area contributed by atoms with Crippen LogP contribution in [0.3, 0.4) is 0 Å². The molecule has 0 unspecified atom stereocenters. The number of carbonyl (C=O) groups excluding carboxylic acids is 2. The molecule has 38 heavy (non-hydrogen) atoms. The number of rotatable bonds is 9. The monoisotopic (exact) mass is 539 g/mol. The molecule has 204 valence electrons. The number of urea groups is 1. The van der Waals surface area contributed by atoms with Crippen molar-refractivity contribution in [2.24, 2.45) is 5.10 Å². The van der Waals surface area contributed by atoms with E-state index in [1.54, 1.807) is 4.90 Å². The second-order valence-corrected chi connectivity index (χ2v) is 10.3. The van der Waals surface area contributed by atoms with E-state index < -0.39 is 0 Å². The van der Waals surface area contributed by atoms with Gasteiger partial charge in [0.1, 0.15) is 6.54 Å². The number of carbonyl (C=O) groups is 2. The van der Waals surface area contributed by atoms with E-state index in [-0.39, 0.29) is 24.5 Å². The third-order valence-electron chi connectivity index (χ3n) is 7.20. The maximum atomic E-state index is 13.8. The van der Waals surface area contributed by atoms with Gasteiger partial charge < -0.3 is 15.0 Å². The van der Waals surface area contributed by atoms with Crippen LogP contribution in [0.25, 0.3) is 0 Å². The van der Waals surface area contributed by atoms with Crippen molar-refractivity contribution in [1.29, 1.82) is 0 Å². The lowest BCUT2D eigenvalue weighted by Gasteiger charge is -2.31. The number of benzene rings is 2. The smallest absolute Gasteiger partial charge is 0.317 e. The summed E-state index contributed by atoms with van der Waals surface area (Å²) in [5.74, 6) is -0.234. The van der Waals surface area contributed by atoms with E-state index in [1.165, 1.54) is 16.1 Å². The third-order valence-corrected chi connectivity index (χ3v) is 7.54. The summed E-state index contributed by atoms with van der Waals surface area (Å²) < 4.78 is 5.44. The first kappa shape index (κ1) is 28.1. The highest BCUT2D eigenvalue weighted by molar-refractivity contribution is 6.31. The molecule has 1 fully saturated rings. The molecule has 3 amide bonds. The van der Waals surface area contributed by atoms with Crippen molar-refractivity contribution < 1.29 is 14.3 Å². The quantitative estimate of drug-likeness (QED) is 0.513. The summed E-state index contributed by atoms with van der Waals surface area (Å²) >= 11 is 6.58. The van der Waals surface area contributed by atoms with E-state index in [9.17, 15) is 9.59 Å². The first-order valence-corrected chi connectivity index (χ1v) is 13.8. The van der Waals surface area contributed by atoms with Gasteiger partial charge >= 0.3 is 6.03 Å². The predicted octanol–water partition coefficient (Wildman–Crippen LogP) is 4.39. The molecule has 0 aromatic heterocycles. The van der Waals surface area contributed by atoms with Crippen LogP contribution in [0.4, 0.5) is 4.79 Å². The number of nitrogens with one attached hydrogen (secondary N) is 1. The van der Waals surface area contributed by atoms with Gasteiger partial charge in [0, 0.05) is 44.2 Å². The van der Waals surface area contributed by atoms with E-state index in [0.717, 1.165) is 36.3 Å². The van der Waals surface area contributed by atoms with Crippen LogP contribution in [-0.4, -0.2) is 84.9 Å². The Labute approximate surface area is 230 Å². The van der Waals surface area contributed by atoms with E-state index >= 15 is 0 Å². The summed E-state index contributed by atoms with van der Waals surface area (Å²) in [4.78, 5) is 30.7. The van der Waals surface area contributed by atoms with E-state index in [2.05, 4.69) is 36.2 Å². The molecule has 9 heteroatoms. The molecule has 0 radical (unpaired) electrons. The maximum Gasteiger partial charge on any atom is 0.317 e. The second-order valence-electron chi connectivity index (χ2n) is 9.93. The van der Waals surface area contributed by atoms with Crippen LogP contribution in [-0.2, 0) is 9.53 Å². The number of halogens is 1. The molecule has 1 N–H and O–H groups in total. The van der Waals surface area contributed by atoms with Crippen molar-refractivity contribution >= 4 is 29.3 Å². The standard InChI is InChI=1S/C29H38ClN5O3/c1-4-11-31-29(37)34(13-12-33-14-16-38-17-15-33)20-28(36)35-27(24-7-5-6-8-25(24)30)19-26(32-35)23-10-9-21(2)22(3)18-23/h5-10,18,27H,4,11-17,19-20H2,1-3H3,(H,31,37)/t27-/m1/s1. The number of morpholine rings is 1. The van der Waals surface area contributed by atoms with Crippen LogP contribution in [0.15, 0.2) is 47.6 Å². The Kier molecular flexibility index (Phi) is 9.77. The molecule has 1 atom stereocenters. The molecular formula is C29H38ClN5O3. The van der Waals surface area contributed by atoms with Gasteiger partial charge in [-0.25, -0.2) is 9.80 Å². The molecule has 0 spiro atoms. The van der Waals surface area contributed by atoms with Gasteiger partial charge in [0.15, 0.2) is 0 Å². The minimum Gasteiger partial charge on any atom is -0.379 e. The van der Waals surface area contributed by atoms with Gasteiger partial charge in [0.25, 0.3) is 5.91 Å². The van der Waals surface area contributed by atoms with Crippen molar-refractivity contribution in [2.45, 2.75) is 39.7 Å². The SMILES string of the molecule is CCCNC(=O)N(CCN1CCOCC1)CC(=O)N1N=C(c2ccc(C)c(C)c2)C[C@@H]1c1ccccc1Cl. The summed E-state index contributed by atoms with van der Waals surface area (Å²) in [6, 6.07) is 13.2. The Balaban J connectivity index is 1.57. The molecule has 8 nitrogen and oxygen atoms in total. The molecule has 0 aliphatic carbocycles. The van der Waals surface area contributed by atoms with Gasteiger partial charge in [-0.05, 0) is 54.7 Å². The number of aryl methyl sites for hydroxylation is 2. The molecule has 2 aromatic rings. The molecule has 0 saturated carbocycles. The number of hydrogen-bond acceptors (Lipinski definition) is 5. The zero-order valence-electron chi connectivity index (χ0n) is 22.6. The summed E-state index contributed by atoms with van der Waals surface area (Å²) in [5.41, 5.74) is 5.05. The molecule has 2 aromatic carbocycles. The Hall–Kier alpha value is -2.94. The molecular weight excluding hydrogens is 502 g/mol. The normalized spacial score (nSPS) is 17.8. The zero-order chi connectivity index (χ0) is 27.1. The fraction of sp³-hybridized carbons (Fsp3) is 0.483. The molecule has 0 bridgehead atoms. The number of ether oxygens (including phenoxy) is 1. The van der Waals surface area contributed by atoms with Crippen LogP contribution in [0.2, 0.25) is 5.02 Å². The van der Waals surface area contributed by atoms with Crippen LogP contribution >= 0.6 is 11.6 Å². The Morgan fingerprint density at radius 1 is 1.13 bits per heavy atom. The van der Waals surface area contributed by atoms with Gasteiger partial charge in [-0.3, -0.25) is 9.69 Å². The predicted molar refractivity (Wildman–Crippen MR) is 151 cm³/mol. The number of hydrogen-bond donors (Lipinski definition) is 1. The lowest BCUT2D eigenvalue weighted by atomic mass is 9.96. The topological polar surface area (TPSA) is 77.5 Å². The minimum absolute atomic E-state index is 0.0649. The Morgan fingerprint density at radius 3 is 2.61 bits per heavy atom. The zero-order valence-corrected chi connectivity index (χ0v) is 23.3. The first-order chi connectivity index (χ1) is 18.4. The highest BCUT2D eigenvalue weighted by Gasteiger charge is 2.35. The number of amides is 3. The summed E-state index contributed by atoms with van der Waals surface area (Å²) in [6.45, 7) is 10.8. The molecule has 2 aliphatic heterocycles. The van der Waals surface area contributed by atoms with E-state index in [1.807, 2.05) is 37.3 Å². The maximum absolute atomic E-state index is 13.8. The molecule has 2 aliphatic rings. The first-order valence-electron chi connectivity index (χ1n) is 13.4. The van der Waals surface area contributed by atoms with Gasteiger partial charge in [-0.2, -0.15) is 5.10 Å². The highest BCUT2D eigenvalue weighted by Crippen LogP contribution is 2.36. The molecule has 4 rings (SSSR count). The van der Waals surface area contributed by atoms with E-state index in [0.29, 0.717) is 44.3 Å². The van der Waals surface area contributed by atoms with Gasteiger partial charge in [0.2, 0.25) is 0 Å². The summed E-state index contributed by atoms with van der Waals surface area (Å²) in [6.07, 6.45) is 1.37. The van der Waals surface area contributed by atoms with Gasteiger partial charge in [0.05, 0.1) is 25.0 Å². The minimum atomic E-state index is -0.340. The lowest BCUT2D eigenvalue weighted by molar-refractivity contribution is -0.133. The number of nitrogens with zero attached hydrogens (tertiary/aromatic N) is 4. The van der Waals surface area contributed by atoms with Gasteiger partial charge in [-0.15, -0.1) is 0 Å². The molecule has 2 heterocycles. The Morgan fingerprint density at radius 2 is 1.89 bits per heavy atom. The summed E-state index contributed by atoms with van der Waals surface area (Å²) in [7, 11) is 0. The number of hydrazone groups is 1. The Bertz CT molecular complexity index is 1160. The average molecular weight is 540 g/mol. The molecule has 1 saturated heterocycles. The van der Waals surface area contributed by atoms with E-state index in [4.69, 9.17) is 21.4 Å². The van der Waals surface area contributed by atoms with Crippen LogP contribution in [0.1, 0.15) is 48.1 Å². The van der Waals surface area contributed by atoms with Crippen molar-refractivity contribution in [2.75, 3.05) is 52.5 Å². The van der Waals surface area contributed by atoms with Crippen LogP contribution in [0.5, 0.6) is 0 Å². The van der Waals surface area contributed by atoms with Crippen molar-refractivity contribution in [1.82, 2.24) is 20.1 Å². The largest absolute Gasteiger partial charge is 0.379 e. The van der Waals surface area contributed by atoms with Crippen LogP contribution < -0.4 is 5.32 Å². The van der Waals surface area contributed by atoms with Gasteiger partial charge in [-0.1, -0.05) is 48.9 Å². The fourth-order valence-corrected chi connectivity index (χ4v) is 5.00. The van der Waals surface area contributed by atoms with Crippen molar-refractivity contribution in [3.63, 3.8) is 0 Å². The third kappa shape index (κ3) is 6.92. The van der Waals surface area contributed by atoms with Crippen LogP contribution in [0, 0.1) is 13.8 Å². The van der Waals surface area contributed by atoms with Crippen molar-refractivity contribution in [3.05, 3.63) is 69.7 Å². The van der Waals surface area contributed by atoms with Crippen molar-refractivity contribution in [3.8, 4) is 0 Å². The average Bonchev–Trinajstić information content (AvgIpc) is 3.37. The summed E-state index contributed by atoms with van der Waals surface area (Å²) in [5, 5.41) is 9.86. The lowest BCUT2D eigenvalue weighted by Crippen LogP contribution is -2.49. The second kappa shape index (κ2) is 13.2.